The molecule has 26 heavy (non-hydrogen) atoms. The number of amides is 1. The summed E-state index contributed by atoms with van der Waals surface area (Å²) in [7, 11) is 0. The Hall–Kier alpha value is -3.25. The minimum atomic E-state index is -0.0969. The summed E-state index contributed by atoms with van der Waals surface area (Å²) in [6.45, 7) is 6.39. The highest BCUT2D eigenvalue weighted by Crippen LogP contribution is 2.23. The van der Waals surface area contributed by atoms with Crippen molar-refractivity contribution < 1.29 is 4.79 Å². The van der Waals surface area contributed by atoms with Gasteiger partial charge in [0.05, 0.1) is 12.1 Å². The average molecular weight is 342 g/mol. The Morgan fingerprint density at radius 1 is 1.00 bits per heavy atom. The van der Waals surface area contributed by atoms with Gasteiger partial charge in [-0.3, -0.25) is 4.79 Å². The Balaban J connectivity index is 1.76. The van der Waals surface area contributed by atoms with Gasteiger partial charge in [-0.2, -0.15) is 0 Å². The lowest BCUT2D eigenvalue weighted by Crippen LogP contribution is -2.24. The van der Waals surface area contributed by atoms with Gasteiger partial charge >= 0.3 is 0 Å². The molecule has 0 fully saturated rings. The SMILES string of the molecule is Cc1ccccc1-n1c(C)cc(C(=O)NCC#Cc2ccccc2)c1C. The average Bonchev–Trinajstić information content (AvgIpc) is 2.94. The fourth-order valence-corrected chi connectivity index (χ4v) is 3.07. The van der Waals surface area contributed by atoms with E-state index in [9.17, 15) is 4.79 Å². The molecule has 0 aliphatic heterocycles. The second kappa shape index (κ2) is 7.76. The molecule has 0 radical (unpaired) electrons. The lowest BCUT2D eigenvalue weighted by Gasteiger charge is -2.12. The zero-order chi connectivity index (χ0) is 18.5. The van der Waals surface area contributed by atoms with E-state index in [4.69, 9.17) is 0 Å². The zero-order valence-corrected chi connectivity index (χ0v) is 15.3. The molecule has 0 aliphatic rings. The topological polar surface area (TPSA) is 34.0 Å². The normalized spacial score (nSPS) is 10.1. The molecule has 3 rings (SSSR count). The first-order valence-electron chi connectivity index (χ1n) is 8.65. The van der Waals surface area contributed by atoms with Gasteiger partial charge < -0.3 is 9.88 Å². The number of nitrogens with zero attached hydrogens (tertiary/aromatic N) is 1. The fourth-order valence-electron chi connectivity index (χ4n) is 3.07. The molecule has 0 bridgehead atoms. The second-order valence-electron chi connectivity index (χ2n) is 6.26. The van der Waals surface area contributed by atoms with Crippen LogP contribution in [-0.2, 0) is 0 Å². The van der Waals surface area contributed by atoms with Crippen molar-refractivity contribution >= 4 is 5.91 Å². The van der Waals surface area contributed by atoms with Crippen LogP contribution < -0.4 is 5.32 Å². The lowest BCUT2D eigenvalue weighted by molar-refractivity contribution is 0.0958. The van der Waals surface area contributed by atoms with Crippen molar-refractivity contribution in [2.24, 2.45) is 0 Å². The highest BCUT2D eigenvalue weighted by Gasteiger charge is 2.16. The Morgan fingerprint density at radius 2 is 1.69 bits per heavy atom. The van der Waals surface area contributed by atoms with Gasteiger partial charge in [0.2, 0.25) is 0 Å². The molecule has 1 heterocycles. The molecule has 0 saturated heterocycles. The van der Waals surface area contributed by atoms with Gasteiger partial charge in [-0.15, -0.1) is 0 Å². The van der Waals surface area contributed by atoms with Crippen LogP contribution in [0.25, 0.3) is 5.69 Å². The van der Waals surface area contributed by atoms with Crippen molar-refractivity contribution in [2.45, 2.75) is 20.8 Å². The first-order valence-corrected chi connectivity index (χ1v) is 8.65. The molecular weight excluding hydrogens is 320 g/mol. The summed E-state index contributed by atoms with van der Waals surface area (Å²) in [6.07, 6.45) is 0. The number of hydrogen-bond acceptors (Lipinski definition) is 1. The first-order chi connectivity index (χ1) is 12.6. The minimum Gasteiger partial charge on any atom is -0.341 e. The molecule has 1 aromatic heterocycles. The van der Waals surface area contributed by atoms with Gasteiger partial charge in [0.25, 0.3) is 5.91 Å². The van der Waals surface area contributed by atoms with Crippen molar-refractivity contribution in [3.63, 3.8) is 0 Å². The van der Waals surface area contributed by atoms with Crippen molar-refractivity contribution in [3.05, 3.63) is 88.7 Å². The third kappa shape index (κ3) is 3.70. The van der Waals surface area contributed by atoms with Crippen molar-refractivity contribution in [3.8, 4) is 17.5 Å². The number of aryl methyl sites for hydroxylation is 2. The maximum Gasteiger partial charge on any atom is 0.253 e. The molecule has 130 valence electrons. The van der Waals surface area contributed by atoms with Crippen LogP contribution in [0.15, 0.2) is 60.7 Å². The van der Waals surface area contributed by atoms with Crippen LogP contribution in [-0.4, -0.2) is 17.0 Å². The lowest BCUT2D eigenvalue weighted by atomic mass is 10.2. The Bertz CT molecular complexity index is 988. The number of hydrogen-bond donors (Lipinski definition) is 1. The molecule has 3 aromatic rings. The fraction of sp³-hybridized carbons (Fsp3) is 0.174. The summed E-state index contributed by atoms with van der Waals surface area (Å²) in [5.74, 6) is 5.94. The molecule has 0 spiro atoms. The van der Waals surface area contributed by atoms with Crippen LogP contribution in [0.1, 0.15) is 32.9 Å². The van der Waals surface area contributed by atoms with E-state index in [0.29, 0.717) is 12.1 Å². The van der Waals surface area contributed by atoms with Crippen molar-refractivity contribution in [1.29, 1.82) is 0 Å². The zero-order valence-electron chi connectivity index (χ0n) is 15.3. The van der Waals surface area contributed by atoms with Gasteiger partial charge in [-0.1, -0.05) is 48.2 Å². The summed E-state index contributed by atoms with van der Waals surface area (Å²) in [5.41, 5.74) is 5.88. The summed E-state index contributed by atoms with van der Waals surface area (Å²) in [4.78, 5) is 12.6. The highest BCUT2D eigenvalue weighted by molar-refractivity contribution is 5.96. The molecule has 1 N–H and O–H groups in total. The largest absolute Gasteiger partial charge is 0.341 e. The van der Waals surface area contributed by atoms with E-state index in [1.807, 2.05) is 62.4 Å². The standard InChI is InChI=1S/C23H22N2O/c1-17-10-7-8-14-22(17)25-18(2)16-21(19(25)3)23(26)24-15-9-13-20-11-5-4-6-12-20/h4-8,10-12,14,16H,15H2,1-3H3,(H,24,26). The van der Waals surface area contributed by atoms with E-state index >= 15 is 0 Å². The smallest absolute Gasteiger partial charge is 0.253 e. The number of carbonyl (C=O) groups excluding carboxylic acids is 1. The Labute approximate surface area is 154 Å². The number of para-hydroxylation sites is 1. The van der Waals surface area contributed by atoms with Gasteiger partial charge in [-0.05, 0) is 50.6 Å². The van der Waals surface area contributed by atoms with Crippen LogP contribution in [0.4, 0.5) is 0 Å². The van der Waals surface area contributed by atoms with Crippen molar-refractivity contribution in [2.75, 3.05) is 6.54 Å². The van der Waals surface area contributed by atoms with E-state index in [1.54, 1.807) is 0 Å². The first kappa shape index (κ1) is 17.6. The molecular formula is C23H22N2O. The van der Waals surface area contributed by atoms with Crippen LogP contribution in [0.3, 0.4) is 0 Å². The number of benzene rings is 2. The predicted molar refractivity (Wildman–Crippen MR) is 106 cm³/mol. The van der Waals surface area contributed by atoms with Gasteiger partial charge in [0, 0.05) is 22.6 Å². The quantitative estimate of drug-likeness (QED) is 0.712. The summed E-state index contributed by atoms with van der Waals surface area (Å²) in [6, 6.07) is 19.9. The molecule has 3 nitrogen and oxygen atoms in total. The van der Waals surface area contributed by atoms with Crippen molar-refractivity contribution in [1.82, 2.24) is 9.88 Å². The Kier molecular flexibility index (Phi) is 5.24. The van der Waals surface area contributed by atoms with Crippen LogP contribution in [0.2, 0.25) is 0 Å². The summed E-state index contributed by atoms with van der Waals surface area (Å²) < 4.78 is 2.12. The number of nitrogens with one attached hydrogen (secondary N) is 1. The number of aromatic nitrogens is 1. The Morgan fingerprint density at radius 3 is 2.42 bits per heavy atom. The molecule has 0 aliphatic carbocycles. The van der Waals surface area contributed by atoms with E-state index in [1.165, 1.54) is 5.56 Å². The van der Waals surface area contributed by atoms with Crippen LogP contribution in [0, 0.1) is 32.6 Å². The van der Waals surface area contributed by atoms with Gasteiger partial charge in [0.15, 0.2) is 0 Å². The molecule has 3 heteroatoms. The second-order valence-corrected chi connectivity index (χ2v) is 6.26. The van der Waals surface area contributed by atoms with E-state index in [2.05, 4.69) is 40.8 Å². The molecule has 0 saturated carbocycles. The monoisotopic (exact) mass is 342 g/mol. The van der Waals surface area contributed by atoms with E-state index < -0.39 is 0 Å². The molecule has 2 aromatic carbocycles. The third-order valence-electron chi connectivity index (χ3n) is 4.38. The minimum absolute atomic E-state index is 0.0969. The maximum atomic E-state index is 12.6. The van der Waals surface area contributed by atoms with Gasteiger partial charge in [-0.25, -0.2) is 0 Å². The predicted octanol–water partition coefficient (Wildman–Crippen LogP) is 4.18. The third-order valence-corrected chi connectivity index (χ3v) is 4.38. The highest BCUT2D eigenvalue weighted by atomic mass is 16.1. The maximum absolute atomic E-state index is 12.6. The molecule has 0 atom stereocenters. The van der Waals surface area contributed by atoms with Gasteiger partial charge in [0.1, 0.15) is 0 Å². The van der Waals surface area contributed by atoms with Crippen LogP contribution in [0.5, 0.6) is 0 Å². The number of carbonyl (C=O) groups is 1. The summed E-state index contributed by atoms with van der Waals surface area (Å²) >= 11 is 0. The summed E-state index contributed by atoms with van der Waals surface area (Å²) in [5, 5.41) is 2.89. The van der Waals surface area contributed by atoms with E-state index in [-0.39, 0.29) is 5.91 Å². The van der Waals surface area contributed by atoms with Crippen LogP contribution >= 0.6 is 0 Å². The van der Waals surface area contributed by atoms with E-state index in [0.717, 1.165) is 22.6 Å². The molecule has 0 unspecified atom stereocenters. The molecule has 1 amide bonds. The number of rotatable bonds is 3.